The first-order valence-corrected chi connectivity index (χ1v) is 6.40. The number of aromatic nitrogens is 3. The van der Waals surface area contributed by atoms with Crippen molar-refractivity contribution in [1.29, 1.82) is 0 Å². The van der Waals surface area contributed by atoms with Crippen molar-refractivity contribution in [1.82, 2.24) is 15.0 Å². The fraction of sp³-hybridized carbons (Fsp3) is 0.133. The molecule has 104 valence electrons. The fourth-order valence-electron chi connectivity index (χ4n) is 2.41. The van der Waals surface area contributed by atoms with Gasteiger partial charge in [-0.2, -0.15) is 0 Å². The van der Waals surface area contributed by atoms with E-state index in [0.29, 0.717) is 29.9 Å². The van der Waals surface area contributed by atoms with Crippen molar-refractivity contribution in [2.45, 2.75) is 13.2 Å². The normalized spacial score (nSPS) is 13.6. The molecule has 6 heteroatoms. The molecule has 4 nitrogen and oxygen atoms in total. The summed E-state index contributed by atoms with van der Waals surface area (Å²) in [4.78, 5) is 13.1. The molecular formula is C15H9F2N3O. The maximum absolute atomic E-state index is 14.0. The van der Waals surface area contributed by atoms with Crippen molar-refractivity contribution < 1.29 is 13.5 Å². The lowest BCUT2D eigenvalue weighted by Gasteiger charge is -2.07. The quantitative estimate of drug-likeness (QED) is 0.689. The zero-order valence-electron chi connectivity index (χ0n) is 10.8. The van der Waals surface area contributed by atoms with Gasteiger partial charge < -0.3 is 4.74 Å². The summed E-state index contributed by atoms with van der Waals surface area (Å²) in [6, 6.07) is 5.10. The van der Waals surface area contributed by atoms with Gasteiger partial charge in [0, 0.05) is 17.8 Å². The highest BCUT2D eigenvalue weighted by Crippen LogP contribution is 2.29. The van der Waals surface area contributed by atoms with Crippen LogP contribution >= 0.6 is 0 Å². The van der Waals surface area contributed by atoms with Crippen LogP contribution < -0.4 is 0 Å². The number of rotatable bonds is 1. The van der Waals surface area contributed by atoms with E-state index in [1.165, 1.54) is 18.3 Å². The summed E-state index contributed by atoms with van der Waals surface area (Å²) in [5, 5.41) is 0. The number of halogens is 2. The lowest BCUT2D eigenvalue weighted by atomic mass is 10.1. The lowest BCUT2D eigenvalue weighted by Crippen LogP contribution is -1.98. The lowest BCUT2D eigenvalue weighted by molar-refractivity contribution is 0.132. The van der Waals surface area contributed by atoms with Gasteiger partial charge in [0.05, 0.1) is 30.1 Å². The molecule has 0 bridgehead atoms. The Kier molecular flexibility index (Phi) is 2.65. The van der Waals surface area contributed by atoms with Crippen LogP contribution in [-0.2, 0) is 18.0 Å². The Balaban J connectivity index is 2.00. The van der Waals surface area contributed by atoms with Crippen LogP contribution in [0, 0.1) is 11.6 Å². The monoisotopic (exact) mass is 285 g/mol. The van der Waals surface area contributed by atoms with Gasteiger partial charge in [-0.3, -0.25) is 4.98 Å². The van der Waals surface area contributed by atoms with Crippen molar-refractivity contribution in [3.05, 3.63) is 53.5 Å². The molecule has 1 aliphatic rings. The average Bonchev–Trinajstić information content (AvgIpc) is 2.92. The number of fused-ring (bicyclic) bond motifs is 2. The second-order valence-corrected chi connectivity index (χ2v) is 4.76. The van der Waals surface area contributed by atoms with E-state index >= 15 is 0 Å². The van der Waals surface area contributed by atoms with Gasteiger partial charge in [0.1, 0.15) is 22.8 Å². The van der Waals surface area contributed by atoms with E-state index in [-0.39, 0.29) is 5.56 Å². The molecule has 0 spiro atoms. The van der Waals surface area contributed by atoms with Crippen LogP contribution in [0.1, 0.15) is 11.4 Å². The smallest absolute Gasteiger partial charge is 0.135 e. The van der Waals surface area contributed by atoms with Crippen molar-refractivity contribution in [2.75, 3.05) is 0 Å². The standard InChI is InChI=1S/C15H9F2N3O/c16-8-1-2-9(10(17)5-8)14-15-11(3-4-18-14)19-12-6-21-7-13(12)20-15/h1-5H,6-7H2. The van der Waals surface area contributed by atoms with Gasteiger partial charge in [0.25, 0.3) is 0 Å². The number of hydrogen-bond acceptors (Lipinski definition) is 4. The fourth-order valence-corrected chi connectivity index (χ4v) is 2.41. The molecule has 1 aliphatic heterocycles. The molecule has 21 heavy (non-hydrogen) atoms. The predicted molar refractivity (Wildman–Crippen MR) is 71.2 cm³/mol. The molecule has 0 aliphatic carbocycles. The molecule has 4 rings (SSSR count). The molecule has 0 unspecified atom stereocenters. The number of pyridine rings is 1. The Bertz CT molecular complexity index is 867. The molecule has 0 saturated heterocycles. The minimum Gasteiger partial charge on any atom is -0.369 e. The topological polar surface area (TPSA) is 47.9 Å². The first kappa shape index (κ1) is 12.3. The van der Waals surface area contributed by atoms with Gasteiger partial charge in [-0.15, -0.1) is 0 Å². The summed E-state index contributed by atoms with van der Waals surface area (Å²) in [5.74, 6) is -1.30. The van der Waals surface area contributed by atoms with Gasteiger partial charge in [-0.05, 0) is 18.2 Å². The zero-order valence-corrected chi connectivity index (χ0v) is 10.8. The third-order valence-electron chi connectivity index (χ3n) is 3.40. The molecule has 0 radical (unpaired) electrons. The van der Waals surface area contributed by atoms with E-state index in [0.717, 1.165) is 17.5 Å². The highest BCUT2D eigenvalue weighted by Gasteiger charge is 2.19. The van der Waals surface area contributed by atoms with E-state index < -0.39 is 11.6 Å². The van der Waals surface area contributed by atoms with Crippen LogP contribution in [0.25, 0.3) is 22.3 Å². The first-order valence-electron chi connectivity index (χ1n) is 6.40. The van der Waals surface area contributed by atoms with Crippen molar-refractivity contribution in [3.63, 3.8) is 0 Å². The summed E-state index contributed by atoms with van der Waals surface area (Å²) in [7, 11) is 0. The van der Waals surface area contributed by atoms with Crippen molar-refractivity contribution in [3.8, 4) is 11.3 Å². The molecule has 2 aromatic heterocycles. The van der Waals surface area contributed by atoms with Gasteiger partial charge in [0.2, 0.25) is 0 Å². The maximum Gasteiger partial charge on any atom is 0.135 e. The average molecular weight is 285 g/mol. The molecule has 0 amide bonds. The molecular weight excluding hydrogens is 276 g/mol. The third-order valence-corrected chi connectivity index (χ3v) is 3.40. The van der Waals surface area contributed by atoms with Gasteiger partial charge >= 0.3 is 0 Å². The number of ether oxygens (including phenoxy) is 1. The van der Waals surface area contributed by atoms with Crippen LogP contribution in [-0.4, -0.2) is 15.0 Å². The SMILES string of the molecule is Fc1ccc(-c2nccc3nc4c(nc23)COC4)c(F)c1. The van der Waals surface area contributed by atoms with Gasteiger partial charge in [0.15, 0.2) is 0 Å². The molecule has 0 fully saturated rings. The largest absolute Gasteiger partial charge is 0.369 e. The minimum absolute atomic E-state index is 0.204. The molecule has 3 heterocycles. The van der Waals surface area contributed by atoms with Crippen molar-refractivity contribution in [2.24, 2.45) is 0 Å². The summed E-state index contributed by atoms with van der Waals surface area (Å²) in [5.41, 5.74) is 3.20. The van der Waals surface area contributed by atoms with E-state index in [1.54, 1.807) is 6.07 Å². The van der Waals surface area contributed by atoms with Crippen LogP contribution in [0.3, 0.4) is 0 Å². The van der Waals surface area contributed by atoms with Crippen LogP contribution in [0.5, 0.6) is 0 Å². The van der Waals surface area contributed by atoms with E-state index in [1.807, 2.05) is 0 Å². The Labute approximate surface area is 118 Å². The Morgan fingerprint density at radius 2 is 1.81 bits per heavy atom. The molecule has 0 saturated carbocycles. The summed E-state index contributed by atoms with van der Waals surface area (Å²) in [6.07, 6.45) is 1.54. The van der Waals surface area contributed by atoms with Crippen molar-refractivity contribution >= 4 is 11.0 Å². The number of hydrogen-bond donors (Lipinski definition) is 0. The predicted octanol–water partition coefficient (Wildman–Crippen LogP) is 3.00. The van der Waals surface area contributed by atoms with E-state index in [4.69, 9.17) is 4.74 Å². The summed E-state index contributed by atoms with van der Waals surface area (Å²) >= 11 is 0. The number of benzene rings is 1. The molecule has 0 atom stereocenters. The summed E-state index contributed by atoms with van der Waals surface area (Å²) < 4.78 is 32.3. The van der Waals surface area contributed by atoms with Gasteiger partial charge in [-0.25, -0.2) is 18.7 Å². The zero-order chi connectivity index (χ0) is 14.4. The van der Waals surface area contributed by atoms with E-state index in [9.17, 15) is 8.78 Å². The molecule has 0 N–H and O–H groups in total. The second kappa shape index (κ2) is 4.53. The van der Waals surface area contributed by atoms with Crippen LogP contribution in [0.15, 0.2) is 30.5 Å². The Morgan fingerprint density at radius 3 is 2.62 bits per heavy atom. The molecule has 1 aromatic carbocycles. The maximum atomic E-state index is 14.0. The Morgan fingerprint density at radius 1 is 1.00 bits per heavy atom. The minimum atomic E-state index is -0.673. The first-order chi connectivity index (χ1) is 10.2. The second-order valence-electron chi connectivity index (χ2n) is 4.76. The molecule has 3 aromatic rings. The highest BCUT2D eigenvalue weighted by molar-refractivity contribution is 5.89. The highest BCUT2D eigenvalue weighted by atomic mass is 19.1. The Hall–Kier alpha value is -2.47. The third kappa shape index (κ3) is 1.95. The van der Waals surface area contributed by atoms with E-state index in [2.05, 4.69) is 15.0 Å². The number of nitrogens with zero attached hydrogens (tertiary/aromatic N) is 3. The van der Waals surface area contributed by atoms with Gasteiger partial charge in [-0.1, -0.05) is 0 Å². The summed E-state index contributed by atoms with van der Waals surface area (Å²) in [6.45, 7) is 0.819. The van der Waals surface area contributed by atoms with Crippen LogP contribution in [0.2, 0.25) is 0 Å². The van der Waals surface area contributed by atoms with Crippen LogP contribution in [0.4, 0.5) is 8.78 Å².